The fraction of sp³-hybridized carbons (Fsp3) is 0.417. The van der Waals surface area contributed by atoms with Crippen molar-refractivity contribution in [3.8, 4) is 0 Å². The van der Waals surface area contributed by atoms with E-state index in [9.17, 15) is 14.9 Å². The number of nitrogens with one attached hydrogen (secondary N) is 2. The van der Waals surface area contributed by atoms with Crippen LogP contribution >= 0.6 is 11.6 Å². The molecule has 6 nitrogen and oxygen atoms in total. The van der Waals surface area contributed by atoms with Gasteiger partial charge in [0.1, 0.15) is 5.02 Å². The molecule has 1 unspecified atom stereocenters. The molecule has 1 aromatic rings. The van der Waals surface area contributed by atoms with E-state index < -0.39 is 4.92 Å². The van der Waals surface area contributed by atoms with Crippen molar-refractivity contribution in [1.82, 2.24) is 5.32 Å². The molecular formula is C12H16ClN3O3. The summed E-state index contributed by atoms with van der Waals surface area (Å²) < 4.78 is 0. The van der Waals surface area contributed by atoms with Gasteiger partial charge in [0.15, 0.2) is 0 Å². The molecule has 0 bridgehead atoms. The van der Waals surface area contributed by atoms with Crippen molar-refractivity contribution in [2.75, 3.05) is 18.4 Å². The molecule has 1 atom stereocenters. The Kier molecular flexibility index (Phi) is 5.72. The number of halogens is 1. The summed E-state index contributed by atoms with van der Waals surface area (Å²) in [5.41, 5.74) is 0.268. The van der Waals surface area contributed by atoms with E-state index in [1.807, 2.05) is 6.92 Å². The third-order valence-electron chi connectivity index (χ3n) is 2.56. The second kappa shape index (κ2) is 7.06. The Balaban J connectivity index is 2.70. The summed E-state index contributed by atoms with van der Waals surface area (Å²) in [4.78, 5) is 21.9. The number of benzene rings is 1. The predicted molar refractivity (Wildman–Crippen MR) is 74.4 cm³/mol. The highest BCUT2D eigenvalue weighted by Crippen LogP contribution is 2.27. The first kappa shape index (κ1) is 15.4. The summed E-state index contributed by atoms with van der Waals surface area (Å²) >= 11 is 5.77. The van der Waals surface area contributed by atoms with Crippen molar-refractivity contribution < 1.29 is 9.72 Å². The maximum Gasteiger partial charge on any atom is 0.288 e. The third-order valence-corrected chi connectivity index (χ3v) is 2.86. The van der Waals surface area contributed by atoms with Crippen LogP contribution in [0.2, 0.25) is 5.02 Å². The zero-order chi connectivity index (χ0) is 14.4. The van der Waals surface area contributed by atoms with Crippen LogP contribution in [0.5, 0.6) is 0 Å². The lowest BCUT2D eigenvalue weighted by atomic mass is 10.1. The van der Waals surface area contributed by atoms with Crippen molar-refractivity contribution in [3.63, 3.8) is 0 Å². The molecule has 104 valence electrons. The van der Waals surface area contributed by atoms with E-state index in [1.165, 1.54) is 18.2 Å². The molecule has 19 heavy (non-hydrogen) atoms. The van der Waals surface area contributed by atoms with E-state index in [-0.39, 0.29) is 22.5 Å². The Morgan fingerprint density at radius 3 is 2.74 bits per heavy atom. The van der Waals surface area contributed by atoms with Crippen LogP contribution in [0.3, 0.4) is 0 Å². The summed E-state index contributed by atoms with van der Waals surface area (Å²) in [5.74, 6) is -0.361. The second-order valence-corrected chi connectivity index (χ2v) is 4.53. The largest absolute Gasteiger partial charge is 0.326 e. The Morgan fingerprint density at radius 1 is 1.53 bits per heavy atom. The maximum absolute atomic E-state index is 11.8. The van der Waals surface area contributed by atoms with Gasteiger partial charge in [-0.3, -0.25) is 14.9 Å². The van der Waals surface area contributed by atoms with Gasteiger partial charge in [-0.05, 0) is 18.7 Å². The fourth-order valence-electron chi connectivity index (χ4n) is 1.45. The summed E-state index contributed by atoms with van der Waals surface area (Å²) in [6.07, 6.45) is 0. The lowest BCUT2D eigenvalue weighted by molar-refractivity contribution is -0.384. The molecule has 0 aliphatic heterocycles. The molecule has 0 spiro atoms. The molecule has 1 aromatic carbocycles. The van der Waals surface area contributed by atoms with Crippen molar-refractivity contribution in [2.45, 2.75) is 13.8 Å². The Morgan fingerprint density at radius 2 is 2.21 bits per heavy atom. The molecule has 7 heteroatoms. The topological polar surface area (TPSA) is 84.3 Å². The molecule has 0 radical (unpaired) electrons. The maximum atomic E-state index is 11.8. The monoisotopic (exact) mass is 285 g/mol. The molecule has 0 fully saturated rings. The van der Waals surface area contributed by atoms with Crippen LogP contribution in [-0.2, 0) is 4.79 Å². The highest BCUT2D eigenvalue weighted by Gasteiger charge is 2.15. The predicted octanol–water partition coefficient (Wildman–Crippen LogP) is 2.43. The van der Waals surface area contributed by atoms with Crippen molar-refractivity contribution in [1.29, 1.82) is 0 Å². The van der Waals surface area contributed by atoms with E-state index in [1.54, 1.807) is 6.92 Å². The normalized spacial score (nSPS) is 11.9. The number of nitro benzene ring substituents is 1. The van der Waals surface area contributed by atoms with Crippen LogP contribution in [0.4, 0.5) is 11.4 Å². The zero-order valence-corrected chi connectivity index (χ0v) is 11.5. The summed E-state index contributed by atoms with van der Waals surface area (Å²) in [5, 5.41) is 16.4. The van der Waals surface area contributed by atoms with Crippen LogP contribution < -0.4 is 10.6 Å². The van der Waals surface area contributed by atoms with Crippen LogP contribution in [0.1, 0.15) is 13.8 Å². The Bertz CT molecular complexity index is 479. The highest BCUT2D eigenvalue weighted by molar-refractivity contribution is 6.33. The lowest BCUT2D eigenvalue weighted by Crippen LogP contribution is -2.30. The average Bonchev–Trinajstić information content (AvgIpc) is 2.35. The van der Waals surface area contributed by atoms with Gasteiger partial charge in [-0.15, -0.1) is 0 Å². The number of rotatable bonds is 6. The first-order valence-electron chi connectivity index (χ1n) is 5.91. The molecule has 2 N–H and O–H groups in total. The average molecular weight is 286 g/mol. The summed E-state index contributed by atoms with van der Waals surface area (Å²) in [7, 11) is 0. The molecule has 0 saturated heterocycles. The quantitative estimate of drug-likeness (QED) is 0.621. The smallest absolute Gasteiger partial charge is 0.288 e. The number of hydrogen-bond acceptors (Lipinski definition) is 4. The number of nitro groups is 1. The molecule has 0 heterocycles. The minimum Gasteiger partial charge on any atom is -0.326 e. The second-order valence-electron chi connectivity index (χ2n) is 4.12. The van der Waals surface area contributed by atoms with Gasteiger partial charge >= 0.3 is 0 Å². The van der Waals surface area contributed by atoms with E-state index in [0.29, 0.717) is 12.2 Å². The molecule has 0 aliphatic carbocycles. The Labute approximate surface area is 116 Å². The van der Waals surface area contributed by atoms with Crippen molar-refractivity contribution in [3.05, 3.63) is 33.3 Å². The number of anilines is 1. The minimum absolute atomic E-state index is 0.00198. The first-order chi connectivity index (χ1) is 8.95. The molecule has 1 amide bonds. The van der Waals surface area contributed by atoms with Gasteiger partial charge in [-0.25, -0.2) is 0 Å². The standard InChI is InChI=1S/C12H16ClN3O3/c1-3-14-7-8(2)12(17)15-9-4-5-11(16(18)19)10(13)6-9/h4-6,8,14H,3,7H2,1-2H3,(H,15,17). The van der Waals surface area contributed by atoms with E-state index >= 15 is 0 Å². The Hall–Kier alpha value is -1.66. The van der Waals surface area contributed by atoms with E-state index in [0.717, 1.165) is 6.54 Å². The lowest BCUT2D eigenvalue weighted by Gasteiger charge is -2.12. The zero-order valence-electron chi connectivity index (χ0n) is 10.8. The van der Waals surface area contributed by atoms with Gasteiger partial charge < -0.3 is 10.6 Å². The number of nitrogens with zero attached hydrogens (tertiary/aromatic N) is 1. The summed E-state index contributed by atoms with van der Waals surface area (Å²) in [6.45, 7) is 5.12. The first-order valence-corrected chi connectivity index (χ1v) is 6.29. The third kappa shape index (κ3) is 4.50. The summed E-state index contributed by atoms with van der Waals surface area (Å²) in [6, 6.07) is 4.10. The van der Waals surface area contributed by atoms with Crippen LogP contribution in [0.25, 0.3) is 0 Å². The van der Waals surface area contributed by atoms with Crippen LogP contribution in [-0.4, -0.2) is 23.9 Å². The number of amides is 1. The van der Waals surface area contributed by atoms with Crippen molar-refractivity contribution >= 4 is 28.9 Å². The van der Waals surface area contributed by atoms with Crippen LogP contribution in [0.15, 0.2) is 18.2 Å². The van der Waals surface area contributed by atoms with E-state index in [4.69, 9.17) is 11.6 Å². The number of hydrogen-bond donors (Lipinski definition) is 2. The van der Waals surface area contributed by atoms with Crippen molar-refractivity contribution in [2.24, 2.45) is 5.92 Å². The van der Waals surface area contributed by atoms with Crippen LogP contribution in [0, 0.1) is 16.0 Å². The SMILES string of the molecule is CCNCC(C)C(=O)Nc1ccc([N+](=O)[O-])c(Cl)c1. The van der Waals surface area contributed by atoms with Gasteiger partial charge in [0.25, 0.3) is 5.69 Å². The van der Waals surface area contributed by atoms with Gasteiger partial charge in [0, 0.05) is 24.2 Å². The molecular weight excluding hydrogens is 270 g/mol. The molecule has 1 rings (SSSR count). The molecule has 0 aliphatic rings. The number of carbonyl (C=O) groups excluding carboxylic acids is 1. The molecule has 0 saturated carbocycles. The number of carbonyl (C=O) groups is 1. The van der Waals surface area contributed by atoms with Gasteiger partial charge in [-0.2, -0.15) is 0 Å². The highest BCUT2D eigenvalue weighted by atomic mass is 35.5. The molecule has 0 aromatic heterocycles. The fourth-order valence-corrected chi connectivity index (χ4v) is 1.70. The van der Waals surface area contributed by atoms with E-state index in [2.05, 4.69) is 10.6 Å². The van der Waals surface area contributed by atoms with Gasteiger partial charge in [0.2, 0.25) is 5.91 Å². The minimum atomic E-state index is -0.568. The van der Waals surface area contributed by atoms with Gasteiger partial charge in [0.05, 0.1) is 4.92 Å². The van der Waals surface area contributed by atoms with Gasteiger partial charge in [-0.1, -0.05) is 25.4 Å².